The number of aryl methyl sites for hydroxylation is 1. The third-order valence-electron chi connectivity index (χ3n) is 5.70. The van der Waals surface area contributed by atoms with Crippen LogP contribution in [0.5, 0.6) is 0 Å². The summed E-state index contributed by atoms with van der Waals surface area (Å²) >= 11 is 3.22. The van der Waals surface area contributed by atoms with Gasteiger partial charge in [0.1, 0.15) is 11.2 Å². The summed E-state index contributed by atoms with van der Waals surface area (Å²) in [6.07, 6.45) is 4.91. The largest absolute Gasteiger partial charge is 0.293 e. The van der Waals surface area contributed by atoms with Crippen molar-refractivity contribution in [3.63, 3.8) is 0 Å². The highest BCUT2D eigenvalue weighted by molar-refractivity contribution is 7.99. The molecule has 6 rings (SSSR count). The zero-order valence-corrected chi connectivity index (χ0v) is 17.9. The molecule has 7 nitrogen and oxygen atoms in total. The smallest absolute Gasteiger partial charge is 0.260 e. The maximum Gasteiger partial charge on any atom is 0.260 e. The van der Waals surface area contributed by atoms with Gasteiger partial charge in [-0.1, -0.05) is 49.0 Å². The van der Waals surface area contributed by atoms with Crippen LogP contribution < -0.4 is 0 Å². The van der Waals surface area contributed by atoms with Crippen molar-refractivity contribution in [2.24, 2.45) is 5.92 Å². The maximum absolute atomic E-state index is 12.6. The van der Waals surface area contributed by atoms with Crippen molar-refractivity contribution < 1.29 is 4.79 Å². The fraction of sp³-hybridized carbons (Fsp3) is 0.286. The molecule has 0 spiro atoms. The Morgan fingerprint density at radius 1 is 1.27 bits per heavy atom. The number of hydrogen-bond donors (Lipinski definition) is 0. The van der Waals surface area contributed by atoms with Gasteiger partial charge in [0.2, 0.25) is 0 Å². The molecule has 0 N–H and O–H groups in total. The number of ketones is 1. The van der Waals surface area contributed by atoms with E-state index in [9.17, 15) is 4.79 Å². The number of nitrogens with zero attached hydrogens (tertiary/aromatic N) is 6. The molecule has 0 saturated carbocycles. The zero-order chi connectivity index (χ0) is 20.2. The van der Waals surface area contributed by atoms with Crippen molar-refractivity contribution in [2.75, 3.05) is 5.75 Å². The van der Waals surface area contributed by atoms with Gasteiger partial charge in [-0.3, -0.25) is 4.79 Å². The minimum Gasteiger partial charge on any atom is -0.293 e. The summed E-state index contributed by atoms with van der Waals surface area (Å²) in [5, 5.41) is 15.1. The second-order valence-electron chi connectivity index (χ2n) is 7.72. The molecule has 0 radical (unpaired) electrons. The first-order valence-corrected chi connectivity index (χ1v) is 11.7. The Morgan fingerprint density at radius 3 is 3.00 bits per heavy atom. The van der Waals surface area contributed by atoms with Crippen LogP contribution in [0.15, 0.2) is 41.8 Å². The van der Waals surface area contributed by atoms with Crippen LogP contribution in [0.4, 0.5) is 0 Å². The molecule has 1 aliphatic rings. The van der Waals surface area contributed by atoms with Crippen LogP contribution in [0.3, 0.4) is 0 Å². The highest BCUT2D eigenvalue weighted by Crippen LogP contribution is 2.40. The Labute approximate surface area is 180 Å². The number of hydrogen-bond acceptors (Lipinski definition) is 7. The quantitative estimate of drug-likeness (QED) is 0.313. The SMILES string of the molecule is CC1CCc2c(sc3c2c2ncnn2c2nnc(SCC(=O)c4ccccc4)n32)C1. The second-order valence-corrected chi connectivity index (χ2v) is 9.75. The summed E-state index contributed by atoms with van der Waals surface area (Å²) in [6, 6.07) is 9.36. The molecule has 4 aromatic heterocycles. The Balaban J connectivity index is 1.50. The van der Waals surface area contributed by atoms with Gasteiger partial charge in [-0.05, 0) is 30.7 Å². The zero-order valence-electron chi connectivity index (χ0n) is 16.3. The molecule has 5 aromatic rings. The number of thioether (sulfide) groups is 1. The van der Waals surface area contributed by atoms with Crippen LogP contribution in [0.2, 0.25) is 0 Å². The van der Waals surface area contributed by atoms with E-state index in [1.54, 1.807) is 22.2 Å². The Kier molecular flexibility index (Phi) is 4.14. The van der Waals surface area contributed by atoms with E-state index in [0.29, 0.717) is 28.2 Å². The molecule has 30 heavy (non-hydrogen) atoms. The molecule has 1 aromatic carbocycles. The Bertz CT molecular complexity index is 1420. The third kappa shape index (κ3) is 2.69. The molecule has 1 atom stereocenters. The van der Waals surface area contributed by atoms with Crippen LogP contribution in [-0.4, -0.2) is 40.7 Å². The topological polar surface area (TPSA) is 77.4 Å². The van der Waals surface area contributed by atoms with Gasteiger partial charge in [-0.25, -0.2) is 9.38 Å². The van der Waals surface area contributed by atoms with Gasteiger partial charge < -0.3 is 0 Å². The van der Waals surface area contributed by atoms with Crippen LogP contribution in [0.25, 0.3) is 21.6 Å². The second kappa shape index (κ2) is 6.88. The van der Waals surface area contributed by atoms with Gasteiger partial charge >= 0.3 is 0 Å². The molecular weight excluding hydrogens is 416 g/mol. The van der Waals surface area contributed by atoms with E-state index in [1.807, 2.05) is 34.7 Å². The minimum absolute atomic E-state index is 0.0785. The lowest BCUT2D eigenvalue weighted by atomic mass is 9.89. The van der Waals surface area contributed by atoms with Gasteiger partial charge in [0.25, 0.3) is 5.78 Å². The van der Waals surface area contributed by atoms with E-state index in [1.165, 1.54) is 28.6 Å². The van der Waals surface area contributed by atoms with Crippen molar-refractivity contribution >= 4 is 50.5 Å². The number of rotatable bonds is 4. The number of thiophene rings is 1. The van der Waals surface area contributed by atoms with E-state index in [0.717, 1.165) is 28.7 Å². The Morgan fingerprint density at radius 2 is 2.13 bits per heavy atom. The van der Waals surface area contributed by atoms with Crippen LogP contribution in [0, 0.1) is 5.92 Å². The third-order valence-corrected chi connectivity index (χ3v) is 7.87. The summed E-state index contributed by atoms with van der Waals surface area (Å²) < 4.78 is 3.82. The highest BCUT2D eigenvalue weighted by Gasteiger charge is 2.26. The lowest BCUT2D eigenvalue weighted by Gasteiger charge is -2.17. The number of benzene rings is 1. The van der Waals surface area contributed by atoms with Crippen molar-refractivity contribution in [3.8, 4) is 0 Å². The number of carbonyl (C=O) groups excluding carboxylic acids is 1. The first-order valence-electron chi connectivity index (χ1n) is 9.93. The van der Waals surface area contributed by atoms with Crippen molar-refractivity contribution in [1.82, 2.24) is 29.2 Å². The lowest BCUT2D eigenvalue weighted by molar-refractivity contribution is 0.102. The lowest BCUT2D eigenvalue weighted by Crippen LogP contribution is -2.09. The normalized spacial score (nSPS) is 16.5. The number of carbonyl (C=O) groups is 1. The van der Waals surface area contributed by atoms with Crippen LogP contribution in [-0.2, 0) is 12.8 Å². The van der Waals surface area contributed by atoms with Gasteiger partial charge in [0.05, 0.1) is 11.1 Å². The molecule has 4 heterocycles. The average molecular weight is 435 g/mol. The molecule has 0 bridgehead atoms. The molecule has 0 amide bonds. The van der Waals surface area contributed by atoms with E-state index >= 15 is 0 Å². The summed E-state index contributed by atoms with van der Waals surface area (Å²) in [6.45, 7) is 2.31. The molecule has 0 fully saturated rings. The van der Waals surface area contributed by atoms with E-state index in [-0.39, 0.29) is 5.78 Å². The molecule has 0 saturated heterocycles. The first-order chi connectivity index (χ1) is 14.7. The fourth-order valence-electron chi connectivity index (χ4n) is 4.19. The summed E-state index contributed by atoms with van der Waals surface area (Å²) in [5.74, 6) is 1.71. The summed E-state index contributed by atoms with van der Waals surface area (Å²) in [5.41, 5.74) is 2.94. The van der Waals surface area contributed by atoms with E-state index < -0.39 is 0 Å². The number of aromatic nitrogens is 6. The summed E-state index contributed by atoms with van der Waals surface area (Å²) in [4.78, 5) is 19.7. The van der Waals surface area contributed by atoms with E-state index in [2.05, 4.69) is 27.2 Å². The molecule has 9 heteroatoms. The van der Waals surface area contributed by atoms with Gasteiger partial charge in [-0.2, -0.15) is 9.61 Å². The molecule has 1 unspecified atom stereocenters. The van der Waals surface area contributed by atoms with Gasteiger partial charge in [-0.15, -0.1) is 21.5 Å². The van der Waals surface area contributed by atoms with Crippen LogP contribution in [0.1, 0.15) is 34.1 Å². The molecule has 0 aliphatic heterocycles. The van der Waals surface area contributed by atoms with Crippen molar-refractivity contribution in [2.45, 2.75) is 31.3 Å². The number of Topliss-reactive ketones (excluding diaryl/α,β-unsaturated/α-hetero) is 1. The molecule has 150 valence electrons. The van der Waals surface area contributed by atoms with Gasteiger partial charge in [0, 0.05) is 10.4 Å². The predicted octanol–water partition coefficient (Wildman–Crippen LogP) is 4.09. The molecule has 1 aliphatic carbocycles. The summed E-state index contributed by atoms with van der Waals surface area (Å²) in [7, 11) is 0. The van der Waals surface area contributed by atoms with E-state index in [4.69, 9.17) is 0 Å². The monoisotopic (exact) mass is 434 g/mol. The standard InChI is InChI=1S/C21H18N6OS2/c1-12-7-8-14-16(9-12)30-19-17(14)18-22-11-23-27(18)20-24-25-21(26(19)20)29-10-15(28)13-5-3-2-4-6-13/h2-6,11-12H,7-10H2,1H3. The highest BCUT2D eigenvalue weighted by atomic mass is 32.2. The van der Waals surface area contributed by atoms with Crippen LogP contribution >= 0.6 is 23.1 Å². The van der Waals surface area contributed by atoms with Gasteiger partial charge in [0.15, 0.2) is 16.6 Å². The predicted molar refractivity (Wildman–Crippen MR) is 118 cm³/mol. The van der Waals surface area contributed by atoms with Crippen molar-refractivity contribution in [3.05, 3.63) is 52.7 Å². The maximum atomic E-state index is 12.6. The molecular formula is C21H18N6OS2. The Hall–Kier alpha value is -2.78. The minimum atomic E-state index is 0.0785. The average Bonchev–Trinajstić information content (AvgIpc) is 3.47. The van der Waals surface area contributed by atoms with Crippen molar-refractivity contribution in [1.29, 1.82) is 0 Å². The number of fused-ring (bicyclic) bond motifs is 8. The first kappa shape index (κ1) is 18.0. The fourth-order valence-corrected chi connectivity index (χ4v) is 6.58.